The molecule has 1 heterocycles. The van der Waals surface area contributed by atoms with Crippen LogP contribution in [0.4, 0.5) is 5.13 Å². The van der Waals surface area contributed by atoms with E-state index in [-0.39, 0.29) is 23.1 Å². The first-order valence-corrected chi connectivity index (χ1v) is 10.6. The van der Waals surface area contributed by atoms with Crippen LogP contribution in [0, 0.1) is 0 Å². The fourth-order valence-corrected chi connectivity index (χ4v) is 4.83. The summed E-state index contributed by atoms with van der Waals surface area (Å²) in [4.78, 5) is 16.6. The van der Waals surface area contributed by atoms with Crippen molar-refractivity contribution in [3.05, 3.63) is 76.8 Å². The van der Waals surface area contributed by atoms with Gasteiger partial charge in [-0.3, -0.25) is 4.79 Å². The molecular formula is C18H16ClN3O3S2. The number of halogens is 1. The molecular weight excluding hydrogens is 406 g/mol. The van der Waals surface area contributed by atoms with Crippen LogP contribution in [0.15, 0.2) is 71.1 Å². The second-order valence-corrected chi connectivity index (χ2v) is 8.72. The van der Waals surface area contributed by atoms with Crippen LogP contribution < -0.4 is 9.62 Å². The molecule has 0 aliphatic carbocycles. The summed E-state index contributed by atoms with van der Waals surface area (Å²) in [6.45, 7) is -0.123. The van der Waals surface area contributed by atoms with Gasteiger partial charge in [0.15, 0.2) is 5.13 Å². The largest absolute Gasteiger partial charge is 0.350 e. The second kappa shape index (κ2) is 8.51. The lowest BCUT2D eigenvalue weighted by Gasteiger charge is -2.21. The number of nitrogens with zero attached hydrogens (tertiary/aromatic N) is 2. The Kier molecular flexibility index (Phi) is 6.10. The molecule has 0 aliphatic rings. The predicted molar refractivity (Wildman–Crippen MR) is 106 cm³/mol. The van der Waals surface area contributed by atoms with Crippen LogP contribution in [0.2, 0.25) is 5.02 Å². The van der Waals surface area contributed by atoms with Crippen molar-refractivity contribution >= 4 is 44.0 Å². The molecule has 0 bridgehead atoms. The summed E-state index contributed by atoms with van der Waals surface area (Å²) in [5.41, 5.74) is 0.822. The van der Waals surface area contributed by atoms with Gasteiger partial charge in [-0.15, -0.1) is 11.3 Å². The third kappa shape index (κ3) is 4.85. The molecule has 27 heavy (non-hydrogen) atoms. The van der Waals surface area contributed by atoms with Crippen molar-refractivity contribution in [2.24, 2.45) is 0 Å². The summed E-state index contributed by atoms with van der Waals surface area (Å²) in [6.07, 6.45) is 1.50. The Morgan fingerprint density at radius 1 is 1.15 bits per heavy atom. The molecule has 6 nitrogen and oxygen atoms in total. The first kappa shape index (κ1) is 19.3. The number of thiazole rings is 1. The maximum absolute atomic E-state index is 13.0. The Bertz CT molecular complexity index is 1010. The Balaban J connectivity index is 1.77. The topological polar surface area (TPSA) is 79.4 Å². The molecule has 0 fully saturated rings. The quantitative estimate of drug-likeness (QED) is 0.634. The lowest BCUT2D eigenvalue weighted by molar-refractivity contribution is -0.119. The van der Waals surface area contributed by atoms with Gasteiger partial charge in [-0.05, 0) is 29.8 Å². The van der Waals surface area contributed by atoms with Gasteiger partial charge in [0.05, 0.1) is 4.90 Å². The number of rotatable bonds is 7. The third-order valence-electron chi connectivity index (χ3n) is 3.63. The molecule has 0 saturated heterocycles. The van der Waals surface area contributed by atoms with Crippen LogP contribution in [0.3, 0.4) is 0 Å². The SMILES string of the molecule is O=C(CN(c1nccs1)S(=O)(=O)c1ccccc1)NCc1cccc(Cl)c1. The lowest BCUT2D eigenvalue weighted by Crippen LogP contribution is -2.40. The van der Waals surface area contributed by atoms with Crippen molar-refractivity contribution in [2.75, 3.05) is 10.8 Å². The summed E-state index contributed by atoms with van der Waals surface area (Å²) >= 11 is 7.08. The highest BCUT2D eigenvalue weighted by Crippen LogP contribution is 2.25. The van der Waals surface area contributed by atoms with Crippen molar-refractivity contribution in [1.29, 1.82) is 0 Å². The van der Waals surface area contributed by atoms with Crippen molar-refractivity contribution in [3.8, 4) is 0 Å². The maximum Gasteiger partial charge on any atom is 0.266 e. The van der Waals surface area contributed by atoms with E-state index in [1.54, 1.807) is 41.8 Å². The summed E-state index contributed by atoms with van der Waals surface area (Å²) < 4.78 is 27.0. The summed E-state index contributed by atoms with van der Waals surface area (Å²) in [6, 6.07) is 15.0. The minimum atomic E-state index is -3.91. The molecule has 1 aromatic heterocycles. The highest BCUT2D eigenvalue weighted by Gasteiger charge is 2.28. The number of nitrogens with one attached hydrogen (secondary N) is 1. The van der Waals surface area contributed by atoms with Gasteiger partial charge < -0.3 is 5.32 Å². The fourth-order valence-electron chi connectivity index (χ4n) is 2.35. The number of carbonyl (C=O) groups is 1. The van der Waals surface area contributed by atoms with E-state index < -0.39 is 15.9 Å². The number of benzene rings is 2. The molecule has 0 spiro atoms. The minimum Gasteiger partial charge on any atom is -0.350 e. The Morgan fingerprint density at radius 2 is 1.93 bits per heavy atom. The number of hydrogen-bond acceptors (Lipinski definition) is 5. The van der Waals surface area contributed by atoms with Crippen LogP contribution in [-0.2, 0) is 21.4 Å². The first-order chi connectivity index (χ1) is 13.0. The van der Waals surface area contributed by atoms with E-state index in [1.165, 1.54) is 18.3 Å². The van der Waals surface area contributed by atoms with Gasteiger partial charge in [0.1, 0.15) is 6.54 Å². The highest BCUT2D eigenvalue weighted by molar-refractivity contribution is 7.93. The average Bonchev–Trinajstić information content (AvgIpc) is 3.19. The number of amides is 1. The van der Waals surface area contributed by atoms with Crippen molar-refractivity contribution < 1.29 is 13.2 Å². The van der Waals surface area contributed by atoms with Gasteiger partial charge in [-0.25, -0.2) is 17.7 Å². The van der Waals surface area contributed by atoms with E-state index >= 15 is 0 Å². The van der Waals surface area contributed by atoms with Crippen LogP contribution >= 0.6 is 22.9 Å². The summed E-state index contributed by atoms with van der Waals surface area (Å²) in [7, 11) is -3.91. The lowest BCUT2D eigenvalue weighted by atomic mass is 10.2. The van der Waals surface area contributed by atoms with Gasteiger partial charge in [0, 0.05) is 23.1 Å². The van der Waals surface area contributed by atoms with Gasteiger partial charge in [0.2, 0.25) is 5.91 Å². The van der Waals surface area contributed by atoms with E-state index in [9.17, 15) is 13.2 Å². The summed E-state index contributed by atoms with van der Waals surface area (Å²) in [5, 5.41) is 5.18. The van der Waals surface area contributed by atoms with E-state index in [4.69, 9.17) is 11.6 Å². The molecule has 3 rings (SSSR count). The average molecular weight is 422 g/mol. The third-order valence-corrected chi connectivity index (χ3v) is 6.53. The monoisotopic (exact) mass is 421 g/mol. The number of hydrogen-bond donors (Lipinski definition) is 1. The highest BCUT2D eigenvalue weighted by atomic mass is 35.5. The molecule has 0 atom stereocenters. The van der Waals surface area contributed by atoms with E-state index in [0.29, 0.717) is 5.02 Å². The van der Waals surface area contributed by atoms with E-state index in [0.717, 1.165) is 21.2 Å². The molecule has 0 aliphatic heterocycles. The van der Waals surface area contributed by atoms with Crippen LogP contribution in [0.1, 0.15) is 5.56 Å². The second-order valence-electron chi connectivity index (χ2n) is 5.55. The number of aromatic nitrogens is 1. The molecule has 1 N–H and O–H groups in total. The molecule has 1 amide bonds. The standard InChI is InChI=1S/C18H16ClN3O3S2/c19-15-6-4-5-14(11-15)12-21-17(23)13-22(18-20-9-10-26-18)27(24,25)16-7-2-1-3-8-16/h1-11H,12-13H2,(H,21,23). The predicted octanol–water partition coefficient (Wildman–Crippen LogP) is 3.31. The van der Waals surface area contributed by atoms with Gasteiger partial charge >= 0.3 is 0 Å². The maximum atomic E-state index is 13.0. The van der Waals surface area contributed by atoms with Crippen molar-refractivity contribution in [2.45, 2.75) is 11.4 Å². The first-order valence-electron chi connectivity index (χ1n) is 7.95. The Morgan fingerprint density at radius 3 is 2.59 bits per heavy atom. The Hall–Kier alpha value is -2.42. The smallest absolute Gasteiger partial charge is 0.266 e. The number of anilines is 1. The Labute approximate surface area is 166 Å². The normalized spacial score (nSPS) is 11.1. The van der Waals surface area contributed by atoms with E-state index in [2.05, 4.69) is 10.3 Å². The van der Waals surface area contributed by atoms with Crippen molar-refractivity contribution in [1.82, 2.24) is 10.3 Å². The molecule has 140 valence electrons. The van der Waals surface area contributed by atoms with Crippen LogP contribution in [0.5, 0.6) is 0 Å². The molecule has 9 heteroatoms. The van der Waals surface area contributed by atoms with Crippen molar-refractivity contribution in [3.63, 3.8) is 0 Å². The zero-order chi connectivity index (χ0) is 19.3. The number of sulfonamides is 1. The molecule has 0 unspecified atom stereocenters. The number of carbonyl (C=O) groups excluding carboxylic acids is 1. The zero-order valence-corrected chi connectivity index (χ0v) is 16.5. The molecule has 0 saturated carbocycles. The molecule has 3 aromatic rings. The van der Waals surface area contributed by atoms with Gasteiger partial charge in [-0.2, -0.15) is 0 Å². The van der Waals surface area contributed by atoms with Crippen LogP contribution in [-0.4, -0.2) is 25.9 Å². The van der Waals surface area contributed by atoms with Gasteiger partial charge in [0.25, 0.3) is 10.0 Å². The summed E-state index contributed by atoms with van der Waals surface area (Å²) in [5.74, 6) is -0.440. The van der Waals surface area contributed by atoms with E-state index in [1.807, 2.05) is 6.07 Å². The fraction of sp³-hybridized carbons (Fsp3) is 0.111. The molecule has 0 radical (unpaired) electrons. The van der Waals surface area contributed by atoms with Gasteiger partial charge in [-0.1, -0.05) is 41.9 Å². The molecule has 2 aromatic carbocycles. The zero-order valence-electron chi connectivity index (χ0n) is 14.1. The van der Waals surface area contributed by atoms with Crippen LogP contribution in [0.25, 0.3) is 0 Å². The minimum absolute atomic E-state index is 0.0999.